The lowest BCUT2D eigenvalue weighted by Crippen LogP contribution is -2.01. The maximum absolute atomic E-state index is 6.44. The zero-order valence-electron chi connectivity index (χ0n) is 19.4. The first-order valence-corrected chi connectivity index (χ1v) is 11.8. The van der Waals surface area contributed by atoms with Gasteiger partial charge in [-0.2, -0.15) is 0 Å². The molecule has 0 atom stereocenters. The summed E-state index contributed by atoms with van der Waals surface area (Å²) < 4.78 is 11.8. The molecule has 0 aliphatic carbocycles. The van der Waals surface area contributed by atoms with Gasteiger partial charge in [-0.1, -0.05) is 85.2 Å². The number of hydrogen-bond donors (Lipinski definition) is 1. The van der Waals surface area contributed by atoms with E-state index >= 15 is 0 Å². The molecule has 0 amide bonds. The van der Waals surface area contributed by atoms with Gasteiger partial charge in [0.15, 0.2) is 0 Å². The minimum Gasteiger partial charge on any atom is -0.489 e. The molecule has 0 bridgehead atoms. The smallest absolute Gasteiger partial charge is 0.146 e. The molecular formula is C28H26Cl2N2O2. The minimum atomic E-state index is 0.128. The van der Waals surface area contributed by atoms with Gasteiger partial charge in [-0.3, -0.25) is 0 Å². The lowest BCUT2D eigenvalue weighted by atomic mass is 10.0. The SMILES string of the molecule is C=Cc1ccc(-c2ccc(OCc3c(-c4c(Cl)cccc4Cl)noc3C(C)C)cc2)cc1NC. The summed E-state index contributed by atoms with van der Waals surface area (Å²) in [6.45, 7) is 8.25. The number of halogens is 2. The maximum Gasteiger partial charge on any atom is 0.146 e. The predicted molar refractivity (Wildman–Crippen MR) is 142 cm³/mol. The molecule has 4 rings (SSSR count). The molecule has 0 radical (unpaired) electrons. The zero-order chi connectivity index (χ0) is 24.2. The molecule has 4 aromatic rings. The van der Waals surface area contributed by atoms with Crippen LogP contribution >= 0.6 is 23.2 Å². The summed E-state index contributed by atoms with van der Waals surface area (Å²) in [5, 5.41) is 8.54. The van der Waals surface area contributed by atoms with Crippen LogP contribution in [-0.4, -0.2) is 12.2 Å². The Kier molecular flexibility index (Phi) is 7.30. The molecule has 0 fully saturated rings. The fraction of sp³-hybridized carbons (Fsp3) is 0.179. The molecule has 0 unspecified atom stereocenters. The number of hydrogen-bond acceptors (Lipinski definition) is 4. The highest BCUT2D eigenvalue weighted by Crippen LogP contribution is 2.39. The highest BCUT2D eigenvalue weighted by molar-refractivity contribution is 6.39. The van der Waals surface area contributed by atoms with Crippen molar-refractivity contribution in [3.8, 4) is 28.1 Å². The summed E-state index contributed by atoms with van der Waals surface area (Å²) in [6.07, 6.45) is 1.84. The van der Waals surface area contributed by atoms with Crippen molar-refractivity contribution in [2.75, 3.05) is 12.4 Å². The minimum absolute atomic E-state index is 0.128. The Morgan fingerprint density at radius 2 is 1.71 bits per heavy atom. The van der Waals surface area contributed by atoms with Crippen LogP contribution in [0.25, 0.3) is 28.5 Å². The maximum atomic E-state index is 6.44. The van der Waals surface area contributed by atoms with E-state index in [2.05, 4.69) is 35.3 Å². The van der Waals surface area contributed by atoms with Crippen LogP contribution in [0.2, 0.25) is 10.0 Å². The van der Waals surface area contributed by atoms with Crippen LogP contribution in [0, 0.1) is 0 Å². The van der Waals surface area contributed by atoms with Crippen molar-refractivity contribution in [1.29, 1.82) is 0 Å². The van der Waals surface area contributed by atoms with Crippen LogP contribution in [0.15, 0.2) is 71.8 Å². The molecule has 3 aromatic carbocycles. The molecule has 4 nitrogen and oxygen atoms in total. The summed E-state index contributed by atoms with van der Waals surface area (Å²) in [7, 11) is 1.91. The van der Waals surface area contributed by atoms with E-state index < -0.39 is 0 Å². The number of nitrogens with one attached hydrogen (secondary N) is 1. The highest BCUT2D eigenvalue weighted by atomic mass is 35.5. The second-order valence-corrected chi connectivity index (χ2v) is 9.01. The van der Waals surface area contributed by atoms with E-state index in [0.29, 0.717) is 21.3 Å². The second kappa shape index (κ2) is 10.4. The summed E-state index contributed by atoms with van der Waals surface area (Å²) >= 11 is 12.9. The van der Waals surface area contributed by atoms with Crippen molar-refractivity contribution in [3.05, 3.63) is 94.2 Å². The topological polar surface area (TPSA) is 47.3 Å². The fourth-order valence-corrected chi connectivity index (χ4v) is 4.44. The monoisotopic (exact) mass is 492 g/mol. The molecule has 1 heterocycles. The van der Waals surface area contributed by atoms with Crippen LogP contribution in [0.3, 0.4) is 0 Å². The summed E-state index contributed by atoms with van der Waals surface area (Å²) in [6, 6.07) is 19.6. The van der Waals surface area contributed by atoms with Gasteiger partial charge in [0.2, 0.25) is 0 Å². The van der Waals surface area contributed by atoms with E-state index in [-0.39, 0.29) is 12.5 Å². The molecule has 34 heavy (non-hydrogen) atoms. The number of anilines is 1. The van der Waals surface area contributed by atoms with Crippen LogP contribution in [-0.2, 0) is 6.61 Å². The van der Waals surface area contributed by atoms with Gasteiger partial charge >= 0.3 is 0 Å². The molecule has 0 saturated heterocycles. The average molecular weight is 493 g/mol. The predicted octanol–water partition coefficient (Wildman–Crippen LogP) is 8.70. The summed E-state index contributed by atoms with van der Waals surface area (Å²) in [5.41, 5.74) is 6.40. The largest absolute Gasteiger partial charge is 0.489 e. The first kappa shape index (κ1) is 23.9. The molecule has 0 aliphatic heterocycles. The van der Waals surface area contributed by atoms with E-state index in [9.17, 15) is 0 Å². The Balaban J connectivity index is 1.59. The first-order chi connectivity index (χ1) is 16.4. The quantitative estimate of drug-likeness (QED) is 0.267. The molecular weight excluding hydrogens is 467 g/mol. The Morgan fingerprint density at radius 1 is 1.03 bits per heavy atom. The average Bonchev–Trinajstić information content (AvgIpc) is 3.26. The van der Waals surface area contributed by atoms with E-state index in [1.807, 2.05) is 51.2 Å². The Labute approximate surface area is 210 Å². The van der Waals surface area contributed by atoms with Crippen molar-refractivity contribution in [3.63, 3.8) is 0 Å². The summed E-state index contributed by atoms with van der Waals surface area (Å²) in [4.78, 5) is 0. The zero-order valence-corrected chi connectivity index (χ0v) is 20.9. The van der Waals surface area contributed by atoms with Crippen molar-refractivity contribution in [2.45, 2.75) is 26.4 Å². The number of ether oxygens (including phenoxy) is 1. The number of benzene rings is 3. The van der Waals surface area contributed by atoms with Crippen LogP contribution in [0.5, 0.6) is 5.75 Å². The Bertz CT molecular complexity index is 1290. The van der Waals surface area contributed by atoms with Crippen LogP contribution < -0.4 is 10.1 Å². The van der Waals surface area contributed by atoms with Gasteiger partial charge in [-0.25, -0.2) is 0 Å². The third-order valence-corrected chi connectivity index (χ3v) is 6.29. The number of rotatable bonds is 8. The molecule has 1 N–H and O–H groups in total. The molecule has 6 heteroatoms. The number of aromatic nitrogens is 1. The van der Waals surface area contributed by atoms with Gasteiger partial charge in [-0.05, 0) is 47.0 Å². The Hall–Kier alpha value is -3.21. The fourth-order valence-electron chi connectivity index (χ4n) is 3.87. The molecule has 0 spiro atoms. The van der Waals surface area contributed by atoms with Gasteiger partial charge in [-0.15, -0.1) is 0 Å². The Morgan fingerprint density at radius 3 is 2.32 bits per heavy atom. The third-order valence-electron chi connectivity index (χ3n) is 5.66. The lowest BCUT2D eigenvalue weighted by molar-refractivity contribution is 0.298. The van der Waals surface area contributed by atoms with Gasteiger partial charge in [0.1, 0.15) is 23.8 Å². The van der Waals surface area contributed by atoms with Crippen LogP contribution in [0.1, 0.15) is 36.7 Å². The second-order valence-electron chi connectivity index (χ2n) is 8.19. The van der Waals surface area contributed by atoms with E-state index in [1.54, 1.807) is 18.2 Å². The molecule has 0 saturated carbocycles. The van der Waals surface area contributed by atoms with Crippen molar-refractivity contribution in [1.82, 2.24) is 5.16 Å². The highest BCUT2D eigenvalue weighted by Gasteiger charge is 2.23. The molecule has 174 valence electrons. The standard InChI is InChI=1S/C28H26Cl2N2O2/c1-5-18-9-10-20(15-25(18)31-4)19-11-13-21(14-12-19)33-16-22-27(32-34-28(22)17(2)3)26-23(29)7-6-8-24(26)30/h5-15,17,31H,1,16H2,2-4H3. The van der Waals surface area contributed by atoms with Crippen molar-refractivity contribution in [2.24, 2.45) is 0 Å². The molecule has 0 aliphatic rings. The first-order valence-electron chi connectivity index (χ1n) is 11.0. The summed E-state index contributed by atoms with van der Waals surface area (Å²) in [5.74, 6) is 1.63. The van der Waals surface area contributed by atoms with Gasteiger partial charge in [0.05, 0.1) is 15.6 Å². The normalized spacial score (nSPS) is 11.0. The van der Waals surface area contributed by atoms with Gasteiger partial charge in [0.25, 0.3) is 0 Å². The van der Waals surface area contributed by atoms with E-state index in [0.717, 1.165) is 39.5 Å². The van der Waals surface area contributed by atoms with Gasteiger partial charge in [0, 0.05) is 24.2 Å². The van der Waals surface area contributed by atoms with Crippen molar-refractivity contribution < 1.29 is 9.26 Å². The molecule has 1 aromatic heterocycles. The van der Waals surface area contributed by atoms with E-state index in [1.165, 1.54) is 0 Å². The van der Waals surface area contributed by atoms with E-state index in [4.69, 9.17) is 32.5 Å². The lowest BCUT2D eigenvalue weighted by Gasteiger charge is -2.12. The van der Waals surface area contributed by atoms with Crippen molar-refractivity contribution >= 4 is 35.0 Å². The third kappa shape index (κ3) is 4.84. The number of nitrogens with zero attached hydrogens (tertiary/aromatic N) is 1. The van der Waals surface area contributed by atoms with Crippen LogP contribution in [0.4, 0.5) is 5.69 Å². The van der Waals surface area contributed by atoms with Gasteiger partial charge < -0.3 is 14.6 Å².